The van der Waals surface area contributed by atoms with Gasteiger partial charge in [0.25, 0.3) is 5.92 Å². The standard InChI is InChI=1S/C12H15ClF3N/c1-11(2,3)17-7-12(15,16)10-8(13)5-4-6-9(10)14/h4-6,17H,7H2,1-3H3. The molecule has 0 amide bonds. The predicted molar refractivity (Wildman–Crippen MR) is 63.1 cm³/mol. The van der Waals surface area contributed by atoms with E-state index in [1.165, 1.54) is 12.1 Å². The first-order chi connectivity index (χ1) is 7.63. The molecule has 0 fully saturated rings. The number of nitrogens with one attached hydrogen (secondary N) is 1. The highest BCUT2D eigenvalue weighted by molar-refractivity contribution is 6.31. The third-order valence-electron chi connectivity index (χ3n) is 2.17. The Kier molecular flexibility index (Phi) is 4.10. The molecule has 1 rings (SSSR count). The molecule has 0 atom stereocenters. The molecule has 0 unspecified atom stereocenters. The van der Waals surface area contributed by atoms with Crippen LogP contribution in [0.15, 0.2) is 18.2 Å². The maximum atomic E-state index is 13.8. The molecule has 1 N–H and O–H groups in total. The molecule has 0 aromatic heterocycles. The second kappa shape index (κ2) is 4.86. The molecule has 0 radical (unpaired) electrons. The third kappa shape index (κ3) is 3.89. The Morgan fingerprint density at radius 2 is 1.82 bits per heavy atom. The Hall–Kier alpha value is -0.740. The van der Waals surface area contributed by atoms with E-state index in [9.17, 15) is 13.2 Å². The molecule has 5 heteroatoms. The predicted octanol–water partition coefficient (Wildman–Crippen LogP) is 3.96. The van der Waals surface area contributed by atoms with Crippen LogP contribution in [0.3, 0.4) is 0 Å². The Balaban J connectivity index is 2.97. The highest BCUT2D eigenvalue weighted by atomic mass is 35.5. The molecule has 96 valence electrons. The molecular formula is C12H15ClF3N. The van der Waals surface area contributed by atoms with E-state index in [1.54, 1.807) is 20.8 Å². The van der Waals surface area contributed by atoms with Gasteiger partial charge in [0.05, 0.1) is 17.1 Å². The van der Waals surface area contributed by atoms with E-state index in [4.69, 9.17) is 11.6 Å². The summed E-state index contributed by atoms with van der Waals surface area (Å²) in [5.41, 5.74) is -1.22. The minimum atomic E-state index is -3.34. The summed E-state index contributed by atoms with van der Waals surface area (Å²) in [6.07, 6.45) is 0. The van der Waals surface area contributed by atoms with Crippen molar-refractivity contribution in [1.82, 2.24) is 5.32 Å². The lowest BCUT2D eigenvalue weighted by atomic mass is 10.0. The molecule has 0 saturated heterocycles. The monoisotopic (exact) mass is 265 g/mol. The van der Waals surface area contributed by atoms with Gasteiger partial charge in [0.15, 0.2) is 0 Å². The SMILES string of the molecule is CC(C)(C)NCC(F)(F)c1c(F)cccc1Cl. The van der Waals surface area contributed by atoms with Crippen molar-refractivity contribution in [3.8, 4) is 0 Å². The van der Waals surface area contributed by atoms with Crippen LogP contribution in [-0.4, -0.2) is 12.1 Å². The molecule has 1 aromatic rings. The lowest BCUT2D eigenvalue weighted by molar-refractivity contribution is -0.0118. The van der Waals surface area contributed by atoms with Gasteiger partial charge in [-0.15, -0.1) is 0 Å². The molecule has 0 aliphatic rings. The highest BCUT2D eigenvalue weighted by Crippen LogP contribution is 2.35. The topological polar surface area (TPSA) is 12.0 Å². The third-order valence-corrected chi connectivity index (χ3v) is 2.48. The summed E-state index contributed by atoms with van der Waals surface area (Å²) < 4.78 is 41.0. The van der Waals surface area contributed by atoms with E-state index in [1.807, 2.05) is 0 Å². The van der Waals surface area contributed by atoms with Gasteiger partial charge < -0.3 is 5.32 Å². The molecule has 1 aromatic carbocycles. The van der Waals surface area contributed by atoms with E-state index in [2.05, 4.69) is 5.32 Å². The smallest absolute Gasteiger partial charge is 0.289 e. The number of rotatable bonds is 3. The van der Waals surface area contributed by atoms with Crippen molar-refractivity contribution in [2.45, 2.75) is 32.2 Å². The van der Waals surface area contributed by atoms with E-state index in [0.717, 1.165) is 6.07 Å². The molecule has 0 saturated carbocycles. The normalized spacial score (nSPS) is 12.9. The molecule has 0 aliphatic carbocycles. The average molecular weight is 266 g/mol. The summed E-state index contributed by atoms with van der Waals surface area (Å²) in [6.45, 7) is 4.61. The van der Waals surface area contributed by atoms with E-state index in [0.29, 0.717) is 0 Å². The quantitative estimate of drug-likeness (QED) is 0.872. The maximum absolute atomic E-state index is 13.8. The van der Waals surface area contributed by atoms with Crippen LogP contribution in [0.4, 0.5) is 13.2 Å². The van der Waals surface area contributed by atoms with Crippen molar-refractivity contribution < 1.29 is 13.2 Å². The minimum Gasteiger partial charge on any atom is -0.306 e. The van der Waals surface area contributed by atoms with Crippen LogP contribution in [0, 0.1) is 5.82 Å². The molecule has 1 nitrogen and oxygen atoms in total. The molecule has 17 heavy (non-hydrogen) atoms. The summed E-state index contributed by atoms with van der Waals surface area (Å²) >= 11 is 5.62. The number of alkyl halides is 2. The van der Waals surface area contributed by atoms with Crippen LogP contribution in [-0.2, 0) is 5.92 Å². The lowest BCUT2D eigenvalue weighted by Gasteiger charge is -2.26. The van der Waals surface area contributed by atoms with Crippen molar-refractivity contribution in [2.24, 2.45) is 0 Å². The fraction of sp³-hybridized carbons (Fsp3) is 0.500. The zero-order valence-electron chi connectivity index (χ0n) is 9.95. The van der Waals surface area contributed by atoms with Crippen molar-refractivity contribution in [3.63, 3.8) is 0 Å². The second-order valence-corrected chi connectivity index (χ2v) is 5.31. The van der Waals surface area contributed by atoms with Gasteiger partial charge in [-0.05, 0) is 32.9 Å². The van der Waals surface area contributed by atoms with Gasteiger partial charge in [-0.2, -0.15) is 8.78 Å². The van der Waals surface area contributed by atoms with Gasteiger partial charge in [-0.3, -0.25) is 0 Å². The summed E-state index contributed by atoms with van der Waals surface area (Å²) in [5, 5.41) is 2.38. The zero-order chi connectivity index (χ0) is 13.3. The zero-order valence-corrected chi connectivity index (χ0v) is 10.7. The van der Waals surface area contributed by atoms with E-state index < -0.39 is 29.4 Å². The summed E-state index contributed by atoms with van der Waals surface area (Å²) in [7, 11) is 0. The first kappa shape index (κ1) is 14.3. The van der Waals surface area contributed by atoms with Gasteiger partial charge in [0.1, 0.15) is 5.82 Å². The second-order valence-electron chi connectivity index (χ2n) is 4.90. The first-order valence-corrected chi connectivity index (χ1v) is 5.59. The van der Waals surface area contributed by atoms with Crippen LogP contribution in [0.5, 0.6) is 0 Å². The van der Waals surface area contributed by atoms with Crippen LogP contribution in [0.25, 0.3) is 0 Å². The van der Waals surface area contributed by atoms with Crippen molar-refractivity contribution in [3.05, 3.63) is 34.6 Å². The van der Waals surface area contributed by atoms with Gasteiger partial charge in [0.2, 0.25) is 0 Å². The van der Waals surface area contributed by atoms with Crippen molar-refractivity contribution in [1.29, 1.82) is 0 Å². The Morgan fingerprint density at radius 1 is 1.24 bits per heavy atom. The minimum absolute atomic E-state index is 0.259. The van der Waals surface area contributed by atoms with Gasteiger partial charge in [0, 0.05) is 5.54 Å². The summed E-state index contributed by atoms with van der Waals surface area (Å²) in [6, 6.07) is 3.53. The van der Waals surface area contributed by atoms with Gasteiger partial charge in [-0.1, -0.05) is 17.7 Å². The maximum Gasteiger partial charge on any atom is 0.289 e. The van der Waals surface area contributed by atoms with Gasteiger partial charge >= 0.3 is 0 Å². The number of hydrogen-bond acceptors (Lipinski definition) is 1. The molecule has 0 aliphatic heterocycles. The molecule has 0 spiro atoms. The number of halogens is 4. The number of hydrogen-bond donors (Lipinski definition) is 1. The Bertz CT molecular complexity index is 379. The van der Waals surface area contributed by atoms with Crippen LogP contribution < -0.4 is 5.32 Å². The Labute approximate surface area is 104 Å². The largest absolute Gasteiger partial charge is 0.306 e. The Morgan fingerprint density at radius 3 is 2.29 bits per heavy atom. The summed E-state index contributed by atoms with van der Waals surface area (Å²) in [4.78, 5) is 0. The van der Waals surface area contributed by atoms with Crippen molar-refractivity contribution in [2.75, 3.05) is 6.54 Å². The first-order valence-electron chi connectivity index (χ1n) is 5.21. The molecule has 0 bridgehead atoms. The van der Waals surface area contributed by atoms with Crippen molar-refractivity contribution >= 4 is 11.6 Å². The lowest BCUT2D eigenvalue weighted by Crippen LogP contribution is -2.42. The fourth-order valence-corrected chi connectivity index (χ4v) is 1.61. The van der Waals surface area contributed by atoms with Crippen LogP contribution in [0.1, 0.15) is 26.3 Å². The van der Waals surface area contributed by atoms with Crippen LogP contribution in [0.2, 0.25) is 5.02 Å². The van der Waals surface area contributed by atoms with Gasteiger partial charge in [-0.25, -0.2) is 4.39 Å². The van der Waals surface area contributed by atoms with E-state index >= 15 is 0 Å². The fourth-order valence-electron chi connectivity index (χ4n) is 1.31. The molecule has 0 heterocycles. The highest BCUT2D eigenvalue weighted by Gasteiger charge is 2.37. The van der Waals surface area contributed by atoms with Crippen LogP contribution >= 0.6 is 11.6 Å². The number of benzene rings is 1. The average Bonchev–Trinajstić information content (AvgIpc) is 2.13. The summed E-state index contributed by atoms with van der Waals surface area (Å²) in [5.74, 6) is -4.33. The molecular weight excluding hydrogens is 251 g/mol. The van der Waals surface area contributed by atoms with E-state index in [-0.39, 0.29) is 5.02 Å².